The van der Waals surface area contributed by atoms with Crippen LogP contribution in [-0.2, 0) is 5.54 Å². The molecule has 1 aliphatic rings. The summed E-state index contributed by atoms with van der Waals surface area (Å²) < 4.78 is 2.16. The molecule has 5 nitrogen and oxygen atoms in total. The molecule has 2 heterocycles. The molecule has 0 fully saturated rings. The standard InChI is InChI=1S/C32H31N5/c1-3-4-23-32(37-29-18-12-11-17-28(29)33-35-37)30(25-13-7-5-8-14-25)34-36(27-15-9-6-10-16-27)31(32)26-21-19-24(2)20-22-26/h5-22,31H,3-4,23H2,1-2H3. The van der Waals surface area contributed by atoms with Crippen LogP contribution in [0.3, 0.4) is 0 Å². The molecule has 0 spiro atoms. The van der Waals surface area contributed by atoms with Crippen LogP contribution in [0.15, 0.2) is 114 Å². The molecule has 2 unspecified atom stereocenters. The van der Waals surface area contributed by atoms with Gasteiger partial charge in [-0.05, 0) is 43.2 Å². The number of unbranched alkanes of at least 4 members (excludes halogenated alkanes) is 1. The van der Waals surface area contributed by atoms with E-state index in [1.807, 2.05) is 12.1 Å². The molecule has 5 heteroatoms. The Morgan fingerprint density at radius 1 is 0.784 bits per heavy atom. The number of fused-ring (bicyclic) bond motifs is 1. The molecule has 5 aromatic rings. The molecule has 0 saturated heterocycles. The normalized spacial score (nSPS) is 19.4. The largest absolute Gasteiger partial charge is 0.255 e. The molecule has 184 valence electrons. The van der Waals surface area contributed by atoms with Gasteiger partial charge in [-0.1, -0.05) is 115 Å². The minimum atomic E-state index is -0.571. The molecule has 4 aromatic carbocycles. The van der Waals surface area contributed by atoms with Crippen LogP contribution in [0.5, 0.6) is 0 Å². The summed E-state index contributed by atoms with van der Waals surface area (Å²) in [7, 11) is 0. The average molecular weight is 486 g/mol. The van der Waals surface area contributed by atoms with Crippen LogP contribution in [0.2, 0.25) is 0 Å². The number of hydrazone groups is 1. The Morgan fingerprint density at radius 2 is 1.46 bits per heavy atom. The van der Waals surface area contributed by atoms with Crippen LogP contribution in [-0.4, -0.2) is 20.7 Å². The van der Waals surface area contributed by atoms with Crippen molar-refractivity contribution in [3.05, 3.63) is 126 Å². The molecule has 2 atom stereocenters. The third-order valence-corrected chi connectivity index (χ3v) is 7.42. The van der Waals surface area contributed by atoms with Gasteiger partial charge in [0.2, 0.25) is 0 Å². The number of aryl methyl sites for hydroxylation is 1. The van der Waals surface area contributed by atoms with Crippen molar-refractivity contribution in [1.82, 2.24) is 15.0 Å². The van der Waals surface area contributed by atoms with Gasteiger partial charge in [0.05, 0.1) is 16.9 Å². The summed E-state index contributed by atoms with van der Waals surface area (Å²) in [5, 5.41) is 17.1. The van der Waals surface area contributed by atoms with Gasteiger partial charge in [-0.25, -0.2) is 4.68 Å². The SMILES string of the molecule is CCCCC1(n2nnc3ccccc32)C(c2ccccc2)=NN(c2ccccc2)C1c1ccc(C)cc1. The van der Waals surface area contributed by atoms with E-state index in [9.17, 15) is 0 Å². The molecule has 1 aromatic heterocycles. The molecule has 0 N–H and O–H groups in total. The number of benzene rings is 4. The first kappa shape index (κ1) is 23.2. The Kier molecular flexibility index (Phi) is 6.05. The van der Waals surface area contributed by atoms with Gasteiger partial charge < -0.3 is 0 Å². The third-order valence-electron chi connectivity index (χ3n) is 7.42. The van der Waals surface area contributed by atoms with Crippen molar-refractivity contribution in [2.75, 3.05) is 5.01 Å². The van der Waals surface area contributed by atoms with E-state index >= 15 is 0 Å². The molecular formula is C32H31N5. The fourth-order valence-electron chi connectivity index (χ4n) is 5.63. The molecule has 1 aliphatic heterocycles. The zero-order chi connectivity index (χ0) is 25.2. The Morgan fingerprint density at radius 3 is 2.19 bits per heavy atom. The number of anilines is 1. The van der Waals surface area contributed by atoms with E-state index in [1.165, 1.54) is 11.1 Å². The Balaban J connectivity index is 1.70. The molecule has 0 amide bonds. The van der Waals surface area contributed by atoms with Crippen molar-refractivity contribution in [1.29, 1.82) is 0 Å². The Bertz CT molecular complexity index is 1520. The van der Waals surface area contributed by atoms with Gasteiger partial charge in [0.1, 0.15) is 17.1 Å². The van der Waals surface area contributed by atoms with Gasteiger partial charge in [0.25, 0.3) is 0 Å². The number of rotatable bonds is 7. The molecule has 0 bridgehead atoms. The number of hydrogen-bond acceptors (Lipinski definition) is 4. The van der Waals surface area contributed by atoms with Gasteiger partial charge in [-0.3, -0.25) is 5.01 Å². The second-order valence-electron chi connectivity index (χ2n) is 9.83. The highest BCUT2D eigenvalue weighted by Crippen LogP contribution is 2.51. The zero-order valence-electron chi connectivity index (χ0n) is 21.3. The summed E-state index contributed by atoms with van der Waals surface area (Å²) in [6, 6.07) is 38.1. The fraction of sp³-hybridized carbons (Fsp3) is 0.219. The molecular weight excluding hydrogens is 454 g/mol. The van der Waals surface area contributed by atoms with E-state index in [1.54, 1.807) is 0 Å². The maximum absolute atomic E-state index is 5.44. The Labute approximate surface area is 218 Å². The fourth-order valence-corrected chi connectivity index (χ4v) is 5.63. The highest BCUT2D eigenvalue weighted by Gasteiger charge is 2.55. The first-order valence-electron chi connectivity index (χ1n) is 13.1. The number of nitrogens with zero attached hydrogens (tertiary/aromatic N) is 5. The van der Waals surface area contributed by atoms with Gasteiger partial charge >= 0.3 is 0 Å². The van der Waals surface area contributed by atoms with E-state index in [0.717, 1.165) is 47.3 Å². The second-order valence-corrected chi connectivity index (χ2v) is 9.83. The topological polar surface area (TPSA) is 46.3 Å². The molecule has 0 aliphatic carbocycles. The van der Waals surface area contributed by atoms with Gasteiger partial charge in [0.15, 0.2) is 0 Å². The summed E-state index contributed by atoms with van der Waals surface area (Å²) in [4.78, 5) is 0. The lowest BCUT2D eigenvalue weighted by atomic mass is 9.75. The maximum atomic E-state index is 5.44. The predicted octanol–water partition coefficient (Wildman–Crippen LogP) is 7.29. The van der Waals surface area contributed by atoms with Crippen molar-refractivity contribution >= 4 is 22.4 Å². The van der Waals surface area contributed by atoms with Gasteiger partial charge in [-0.2, -0.15) is 5.10 Å². The van der Waals surface area contributed by atoms with Crippen LogP contribution in [0.4, 0.5) is 5.69 Å². The predicted molar refractivity (Wildman–Crippen MR) is 151 cm³/mol. The summed E-state index contributed by atoms with van der Waals surface area (Å²) >= 11 is 0. The minimum absolute atomic E-state index is 0.109. The van der Waals surface area contributed by atoms with Crippen molar-refractivity contribution in [2.45, 2.75) is 44.7 Å². The number of aromatic nitrogens is 3. The van der Waals surface area contributed by atoms with E-state index in [4.69, 9.17) is 10.3 Å². The molecule has 37 heavy (non-hydrogen) atoms. The molecule has 0 radical (unpaired) electrons. The zero-order valence-corrected chi connectivity index (χ0v) is 21.3. The Hall–Kier alpha value is -4.25. The smallest absolute Gasteiger partial charge is 0.136 e. The molecule has 6 rings (SSSR count). The van der Waals surface area contributed by atoms with Gasteiger partial charge in [-0.15, -0.1) is 5.10 Å². The van der Waals surface area contributed by atoms with Crippen molar-refractivity contribution in [2.24, 2.45) is 5.10 Å². The summed E-state index contributed by atoms with van der Waals surface area (Å²) in [6.45, 7) is 4.38. The van der Waals surface area contributed by atoms with Crippen molar-refractivity contribution < 1.29 is 0 Å². The van der Waals surface area contributed by atoms with Crippen LogP contribution in [0, 0.1) is 6.92 Å². The van der Waals surface area contributed by atoms with E-state index < -0.39 is 5.54 Å². The lowest BCUT2D eigenvalue weighted by Gasteiger charge is -2.39. The quantitative estimate of drug-likeness (QED) is 0.243. The third kappa shape index (κ3) is 3.91. The molecule has 0 saturated carbocycles. The van der Waals surface area contributed by atoms with E-state index in [2.05, 4.69) is 126 Å². The number of hydrogen-bond donors (Lipinski definition) is 0. The van der Waals surface area contributed by atoms with Crippen LogP contribution in [0.1, 0.15) is 48.9 Å². The monoisotopic (exact) mass is 485 g/mol. The van der Waals surface area contributed by atoms with Crippen LogP contribution >= 0.6 is 0 Å². The summed E-state index contributed by atoms with van der Waals surface area (Å²) in [5.74, 6) is 0. The first-order chi connectivity index (χ1) is 18.2. The lowest BCUT2D eigenvalue weighted by molar-refractivity contribution is 0.285. The minimum Gasteiger partial charge on any atom is -0.255 e. The summed E-state index contributed by atoms with van der Waals surface area (Å²) in [6.07, 6.45) is 2.99. The highest BCUT2D eigenvalue weighted by atomic mass is 15.6. The second kappa shape index (κ2) is 9.66. The van der Waals surface area contributed by atoms with Crippen LogP contribution < -0.4 is 5.01 Å². The van der Waals surface area contributed by atoms with E-state index in [0.29, 0.717) is 0 Å². The maximum Gasteiger partial charge on any atom is 0.136 e. The van der Waals surface area contributed by atoms with Crippen molar-refractivity contribution in [3.63, 3.8) is 0 Å². The summed E-state index contributed by atoms with van der Waals surface area (Å²) in [5.41, 5.74) is 6.98. The number of para-hydroxylation sites is 2. The lowest BCUT2D eigenvalue weighted by Crippen LogP contribution is -2.48. The first-order valence-corrected chi connectivity index (χ1v) is 13.1. The van der Waals surface area contributed by atoms with Gasteiger partial charge in [0, 0.05) is 5.56 Å². The van der Waals surface area contributed by atoms with E-state index in [-0.39, 0.29) is 6.04 Å². The van der Waals surface area contributed by atoms with Crippen LogP contribution in [0.25, 0.3) is 11.0 Å². The highest BCUT2D eigenvalue weighted by molar-refractivity contribution is 6.09. The average Bonchev–Trinajstić information content (AvgIpc) is 3.54. The van der Waals surface area contributed by atoms with Crippen molar-refractivity contribution in [3.8, 4) is 0 Å².